The van der Waals surface area contributed by atoms with Gasteiger partial charge in [0.15, 0.2) is 0 Å². The zero-order chi connectivity index (χ0) is 13.0. The molecule has 1 aliphatic rings. The van der Waals surface area contributed by atoms with Gasteiger partial charge in [0.05, 0.1) is 12.6 Å². The molecule has 1 heterocycles. The maximum atomic E-state index is 11.8. The van der Waals surface area contributed by atoms with Crippen LogP contribution in [0.3, 0.4) is 0 Å². The zero-order valence-electron chi connectivity index (χ0n) is 10.5. The smallest absolute Gasteiger partial charge is 0.319 e. The molecule has 1 aromatic rings. The van der Waals surface area contributed by atoms with E-state index in [1.807, 2.05) is 25.1 Å². The number of carbonyl (C=O) groups is 1. The van der Waals surface area contributed by atoms with Crippen LogP contribution in [0.15, 0.2) is 18.2 Å². The summed E-state index contributed by atoms with van der Waals surface area (Å²) < 4.78 is 5.21. The lowest BCUT2D eigenvalue weighted by atomic mass is 10.1. The summed E-state index contributed by atoms with van der Waals surface area (Å²) in [7, 11) is 0. The average Bonchev–Trinajstić information content (AvgIpc) is 2.82. The molecule has 5 nitrogen and oxygen atoms in total. The number of hydrogen-bond donors (Lipinski definition) is 3. The van der Waals surface area contributed by atoms with Crippen LogP contribution in [0.25, 0.3) is 0 Å². The van der Waals surface area contributed by atoms with E-state index < -0.39 is 0 Å². The molecule has 0 saturated carbocycles. The molecule has 0 bridgehead atoms. The van der Waals surface area contributed by atoms with Gasteiger partial charge in [0.2, 0.25) is 0 Å². The van der Waals surface area contributed by atoms with Crippen molar-refractivity contribution in [3.05, 3.63) is 29.3 Å². The van der Waals surface area contributed by atoms with Crippen molar-refractivity contribution < 1.29 is 9.53 Å². The molecule has 1 aromatic carbocycles. The van der Waals surface area contributed by atoms with E-state index in [-0.39, 0.29) is 12.1 Å². The van der Waals surface area contributed by atoms with Gasteiger partial charge in [-0.3, -0.25) is 0 Å². The lowest BCUT2D eigenvalue weighted by Gasteiger charge is -2.15. The fraction of sp³-hybridized carbons (Fsp3) is 0.462. The molecule has 1 saturated heterocycles. The van der Waals surface area contributed by atoms with Gasteiger partial charge in [0.1, 0.15) is 0 Å². The molecule has 2 rings (SSSR count). The second kappa shape index (κ2) is 5.84. The van der Waals surface area contributed by atoms with Gasteiger partial charge in [-0.25, -0.2) is 4.79 Å². The first kappa shape index (κ1) is 12.9. The number of hydrogen-bond acceptors (Lipinski definition) is 3. The van der Waals surface area contributed by atoms with E-state index in [0.717, 1.165) is 23.2 Å². The fourth-order valence-corrected chi connectivity index (χ4v) is 2.08. The van der Waals surface area contributed by atoms with Crippen LogP contribution in [-0.2, 0) is 11.3 Å². The monoisotopic (exact) mass is 249 g/mol. The quantitative estimate of drug-likeness (QED) is 0.757. The lowest BCUT2D eigenvalue weighted by Crippen LogP contribution is -2.38. The number of ether oxygens (including phenoxy) is 1. The molecular weight excluding hydrogens is 230 g/mol. The van der Waals surface area contributed by atoms with Crippen LogP contribution >= 0.6 is 0 Å². The summed E-state index contributed by atoms with van der Waals surface area (Å²) in [5.74, 6) is 0. The minimum atomic E-state index is -0.203. The van der Waals surface area contributed by atoms with E-state index >= 15 is 0 Å². The number of anilines is 1. The summed E-state index contributed by atoms with van der Waals surface area (Å²) in [4.78, 5) is 11.8. The molecule has 0 spiro atoms. The number of urea groups is 1. The fourth-order valence-electron chi connectivity index (χ4n) is 2.08. The van der Waals surface area contributed by atoms with E-state index in [1.165, 1.54) is 0 Å². The Labute approximate surface area is 107 Å². The number of nitrogens with two attached hydrogens (primary N) is 1. The first-order chi connectivity index (χ1) is 8.70. The van der Waals surface area contributed by atoms with Crippen LogP contribution < -0.4 is 16.4 Å². The SMILES string of the molecule is Cc1cccc(NC(=O)NC2CCOC2)c1CN. The summed E-state index contributed by atoms with van der Waals surface area (Å²) in [5, 5.41) is 5.73. The van der Waals surface area contributed by atoms with E-state index in [9.17, 15) is 4.79 Å². The maximum absolute atomic E-state index is 11.8. The van der Waals surface area contributed by atoms with Crippen LogP contribution in [-0.4, -0.2) is 25.3 Å². The van der Waals surface area contributed by atoms with E-state index in [4.69, 9.17) is 10.5 Å². The van der Waals surface area contributed by atoms with Crippen molar-refractivity contribution in [2.75, 3.05) is 18.5 Å². The highest BCUT2D eigenvalue weighted by Crippen LogP contribution is 2.18. The van der Waals surface area contributed by atoms with Crippen molar-refractivity contribution in [1.29, 1.82) is 0 Å². The van der Waals surface area contributed by atoms with Gasteiger partial charge >= 0.3 is 6.03 Å². The summed E-state index contributed by atoms with van der Waals surface area (Å²) in [6, 6.07) is 5.65. The van der Waals surface area contributed by atoms with Crippen LogP contribution in [0.1, 0.15) is 17.5 Å². The number of rotatable bonds is 3. The Kier molecular flexibility index (Phi) is 4.17. The van der Waals surface area contributed by atoms with Crippen molar-refractivity contribution in [3.8, 4) is 0 Å². The Hall–Kier alpha value is -1.59. The Balaban J connectivity index is 2.00. The van der Waals surface area contributed by atoms with E-state index in [2.05, 4.69) is 10.6 Å². The third-order valence-electron chi connectivity index (χ3n) is 3.13. The van der Waals surface area contributed by atoms with Crippen LogP contribution in [0.4, 0.5) is 10.5 Å². The van der Waals surface area contributed by atoms with Crippen molar-refractivity contribution in [2.24, 2.45) is 5.73 Å². The van der Waals surface area contributed by atoms with Crippen LogP contribution in [0.5, 0.6) is 0 Å². The number of nitrogens with one attached hydrogen (secondary N) is 2. The van der Waals surface area contributed by atoms with E-state index in [0.29, 0.717) is 19.8 Å². The van der Waals surface area contributed by atoms with E-state index in [1.54, 1.807) is 0 Å². The van der Waals surface area contributed by atoms with Gasteiger partial charge in [-0.1, -0.05) is 12.1 Å². The highest BCUT2D eigenvalue weighted by Gasteiger charge is 2.18. The molecule has 1 aliphatic heterocycles. The number of carbonyl (C=O) groups excluding carboxylic acids is 1. The van der Waals surface area contributed by atoms with Crippen LogP contribution in [0.2, 0.25) is 0 Å². The molecule has 18 heavy (non-hydrogen) atoms. The molecule has 5 heteroatoms. The standard InChI is InChI=1S/C13H19N3O2/c1-9-3-2-4-12(11(9)7-14)16-13(17)15-10-5-6-18-8-10/h2-4,10H,5-8,14H2,1H3,(H2,15,16,17). The summed E-state index contributed by atoms with van der Waals surface area (Å²) in [6.07, 6.45) is 0.866. The van der Waals surface area contributed by atoms with Gasteiger partial charge < -0.3 is 21.1 Å². The molecule has 98 valence electrons. The third-order valence-corrected chi connectivity index (χ3v) is 3.13. The minimum Gasteiger partial charge on any atom is -0.379 e. The second-order valence-corrected chi connectivity index (χ2v) is 4.46. The Bertz CT molecular complexity index is 428. The Morgan fingerprint density at radius 3 is 3.06 bits per heavy atom. The van der Waals surface area contributed by atoms with Crippen molar-refractivity contribution >= 4 is 11.7 Å². The van der Waals surface area contributed by atoms with Crippen molar-refractivity contribution in [3.63, 3.8) is 0 Å². The minimum absolute atomic E-state index is 0.108. The lowest BCUT2D eigenvalue weighted by molar-refractivity contribution is 0.189. The first-order valence-electron chi connectivity index (χ1n) is 6.14. The Morgan fingerprint density at radius 2 is 2.39 bits per heavy atom. The largest absolute Gasteiger partial charge is 0.379 e. The summed E-state index contributed by atoms with van der Waals surface area (Å²) >= 11 is 0. The molecule has 4 N–H and O–H groups in total. The molecule has 1 fully saturated rings. The van der Waals surface area contributed by atoms with Gasteiger partial charge in [-0.05, 0) is 30.5 Å². The zero-order valence-corrected chi connectivity index (χ0v) is 10.5. The molecule has 0 radical (unpaired) electrons. The first-order valence-corrected chi connectivity index (χ1v) is 6.14. The third kappa shape index (κ3) is 3.00. The number of benzene rings is 1. The Morgan fingerprint density at radius 1 is 1.56 bits per heavy atom. The molecule has 0 aromatic heterocycles. The topological polar surface area (TPSA) is 76.4 Å². The number of aryl methyl sites for hydroxylation is 1. The second-order valence-electron chi connectivity index (χ2n) is 4.46. The number of amides is 2. The summed E-state index contributed by atoms with van der Waals surface area (Å²) in [6.45, 7) is 3.69. The van der Waals surface area contributed by atoms with Gasteiger partial charge in [-0.15, -0.1) is 0 Å². The molecule has 2 amide bonds. The predicted octanol–water partition coefficient (Wildman–Crippen LogP) is 1.36. The average molecular weight is 249 g/mol. The molecule has 1 unspecified atom stereocenters. The van der Waals surface area contributed by atoms with Crippen LogP contribution in [0, 0.1) is 6.92 Å². The molecule has 0 aliphatic carbocycles. The van der Waals surface area contributed by atoms with Gasteiger partial charge in [0.25, 0.3) is 0 Å². The highest BCUT2D eigenvalue weighted by molar-refractivity contribution is 5.90. The summed E-state index contributed by atoms with van der Waals surface area (Å²) in [5.41, 5.74) is 8.52. The maximum Gasteiger partial charge on any atom is 0.319 e. The molecular formula is C13H19N3O2. The normalized spacial score (nSPS) is 18.7. The molecule has 1 atom stereocenters. The predicted molar refractivity (Wildman–Crippen MR) is 70.4 cm³/mol. The van der Waals surface area contributed by atoms with Gasteiger partial charge in [0, 0.05) is 18.8 Å². The highest BCUT2D eigenvalue weighted by atomic mass is 16.5. The van der Waals surface area contributed by atoms with Gasteiger partial charge in [-0.2, -0.15) is 0 Å². The van der Waals surface area contributed by atoms with Crippen molar-refractivity contribution in [1.82, 2.24) is 5.32 Å². The van der Waals surface area contributed by atoms with Crippen molar-refractivity contribution in [2.45, 2.75) is 25.9 Å².